The number of amides is 2. The van der Waals surface area contributed by atoms with Crippen LogP contribution in [0.1, 0.15) is 37.2 Å². The molecule has 0 saturated heterocycles. The number of fused-ring (bicyclic) bond motifs is 1. The number of rotatable bonds is 7. The number of ether oxygens (including phenoxy) is 1. The van der Waals surface area contributed by atoms with E-state index in [-0.39, 0.29) is 12.8 Å². The van der Waals surface area contributed by atoms with Gasteiger partial charge in [0.25, 0.3) is 0 Å². The fourth-order valence-corrected chi connectivity index (χ4v) is 2.53. The third-order valence-electron chi connectivity index (χ3n) is 3.69. The Morgan fingerprint density at radius 1 is 1.50 bits per heavy atom. The number of aliphatic hydroxyl groups excluding tert-OH is 1. The van der Waals surface area contributed by atoms with Crippen molar-refractivity contribution in [1.29, 1.82) is 0 Å². The average molecular weight is 336 g/mol. The highest BCUT2D eigenvalue weighted by Gasteiger charge is 2.37. The molecule has 8 nitrogen and oxygen atoms in total. The predicted octanol–water partition coefficient (Wildman–Crippen LogP) is -0.581. The van der Waals surface area contributed by atoms with Crippen LogP contribution in [0.5, 0.6) is 5.75 Å². The smallest absolute Gasteiger partial charge is 0.534 e. The van der Waals surface area contributed by atoms with Gasteiger partial charge >= 0.3 is 7.12 Å². The lowest BCUT2D eigenvalue weighted by molar-refractivity contribution is -0.125. The average Bonchev–Trinajstić information content (AvgIpc) is 2.53. The first kappa shape index (κ1) is 18.2. The van der Waals surface area contributed by atoms with Crippen LogP contribution in [0.2, 0.25) is 0 Å². The zero-order valence-electron chi connectivity index (χ0n) is 13.4. The van der Waals surface area contributed by atoms with Gasteiger partial charge in [0, 0.05) is 25.0 Å². The van der Waals surface area contributed by atoms with E-state index in [0.29, 0.717) is 24.3 Å². The van der Waals surface area contributed by atoms with Crippen molar-refractivity contribution in [1.82, 2.24) is 5.32 Å². The van der Waals surface area contributed by atoms with Crippen LogP contribution in [-0.4, -0.2) is 41.6 Å². The number of primary amides is 1. The van der Waals surface area contributed by atoms with E-state index in [1.807, 2.05) is 0 Å². The van der Waals surface area contributed by atoms with Crippen LogP contribution >= 0.6 is 0 Å². The highest BCUT2D eigenvalue weighted by Crippen LogP contribution is 2.34. The van der Waals surface area contributed by atoms with Crippen LogP contribution in [-0.2, 0) is 20.7 Å². The number of carbonyl (C=O) groups excluding carboxylic acids is 2. The van der Waals surface area contributed by atoms with Gasteiger partial charge in [0.05, 0.1) is 5.94 Å². The standard InChI is InChI=1S/C15H21BN2O6/c1-2-23-15(21)10-5-3-4-9-8-11(16(22)24-14(9)10)18-13(20)7-6-12(17)19/h3-5,11,15,21-22H,2,6-8H2,1H3,(H2,17,19)(H,18,20)/t11-,15?/m0/s1. The van der Waals surface area contributed by atoms with Crippen LogP contribution in [0.15, 0.2) is 18.2 Å². The van der Waals surface area contributed by atoms with Gasteiger partial charge in [-0.2, -0.15) is 0 Å². The van der Waals surface area contributed by atoms with Gasteiger partial charge in [0.15, 0.2) is 6.29 Å². The second-order valence-corrected chi connectivity index (χ2v) is 5.50. The molecule has 0 aromatic heterocycles. The van der Waals surface area contributed by atoms with Crippen molar-refractivity contribution in [3.05, 3.63) is 29.3 Å². The molecule has 0 spiro atoms. The Hall–Kier alpha value is -2.10. The van der Waals surface area contributed by atoms with Gasteiger partial charge in [-0.05, 0) is 18.9 Å². The van der Waals surface area contributed by atoms with Crippen molar-refractivity contribution in [2.24, 2.45) is 5.73 Å². The monoisotopic (exact) mass is 336 g/mol. The molecule has 0 fully saturated rings. The van der Waals surface area contributed by atoms with Gasteiger partial charge in [0.1, 0.15) is 5.75 Å². The van der Waals surface area contributed by atoms with Gasteiger partial charge in [0.2, 0.25) is 11.8 Å². The van der Waals surface area contributed by atoms with Crippen molar-refractivity contribution >= 4 is 18.9 Å². The first-order valence-corrected chi connectivity index (χ1v) is 7.76. The first-order chi connectivity index (χ1) is 11.4. The highest BCUT2D eigenvalue weighted by molar-refractivity contribution is 6.46. The normalized spacial score (nSPS) is 17.6. The van der Waals surface area contributed by atoms with Gasteiger partial charge < -0.3 is 30.6 Å². The molecule has 1 aromatic carbocycles. The largest absolute Gasteiger partial charge is 0.547 e. The number of benzene rings is 1. The maximum atomic E-state index is 11.8. The molecule has 0 radical (unpaired) electrons. The highest BCUT2D eigenvalue weighted by atomic mass is 16.6. The van der Waals surface area contributed by atoms with Gasteiger partial charge in [-0.1, -0.05) is 18.2 Å². The Bertz CT molecular complexity index is 612. The molecule has 2 atom stereocenters. The molecule has 0 aliphatic carbocycles. The van der Waals surface area contributed by atoms with Crippen molar-refractivity contribution in [3.63, 3.8) is 0 Å². The van der Waals surface area contributed by atoms with Crippen molar-refractivity contribution in [3.8, 4) is 5.75 Å². The Morgan fingerprint density at radius 2 is 2.25 bits per heavy atom. The molecular weight excluding hydrogens is 315 g/mol. The van der Waals surface area contributed by atoms with E-state index in [1.54, 1.807) is 25.1 Å². The molecule has 2 amide bonds. The lowest BCUT2D eigenvalue weighted by Gasteiger charge is -2.30. The van der Waals surface area contributed by atoms with E-state index in [4.69, 9.17) is 15.1 Å². The molecule has 1 aliphatic heterocycles. The fourth-order valence-electron chi connectivity index (χ4n) is 2.53. The van der Waals surface area contributed by atoms with Crippen molar-refractivity contribution in [2.75, 3.05) is 6.61 Å². The third kappa shape index (κ3) is 4.47. The zero-order valence-corrected chi connectivity index (χ0v) is 13.4. The topological polar surface area (TPSA) is 131 Å². The predicted molar refractivity (Wildman–Crippen MR) is 85.7 cm³/mol. The number of para-hydroxylation sites is 1. The first-order valence-electron chi connectivity index (χ1n) is 7.76. The SMILES string of the molecule is CCOC(O)c1cccc2c1OB(O)[C@@H](NC(=O)CCC(N)=O)C2. The number of aliphatic hydroxyl groups is 1. The van der Waals surface area contributed by atoms with E-state index in [9.17, 15) is 19.7 Å². The van der Waals surface area contributed by atoms with Crippen LogP contribution in [0, 0.1) is 0 Å². The van der Waals surface area contributed by atoms with E-state index in [1.165, 1.54) is 0 Å². The molecule has 0 bridgehead atoms. The van der Waals surface area contributed by atoms with Crippen LogP contribution in [0.3, 0.4) is 0 Å². The Morgan fingerprint density at radius 3 is 2.92 bits per heavy atom. The number of carbonyl (C=O) groups is 2. The molecule has 130 valence electrons. The second kappa shape index (κ2) is 8.14. The maximum absolute atomic E-state index is 11.8. The molecule has 2 rings (SSSR count). The minimum atomic E-state index is -1.27. The van der Waals surface area contributed by atoms with E-state index < -0.39 is 31.2 Å². The fraction of sp³-hybridized carbons (Fsp3) is 0.467. The quantitative estimate of drug-likeness (QED) is 0.389. The number of nitrogens with two attached hydrogens (primary N) is 1. The summed E-state index contributed by atoms with van der Waals surface area (Å²) in [7, 11) is -1.27. The van der Waals surface area contributed by atoms with Gasteiger partial charge in [-0.3, -0.25) is 9.59 Å². The lowest BCUT2D eigenvalue weighted by Crippen LogP contribution is -2.53. The summed E-state index contributed by atoms with van der Waals surface area (Å²) in [5.74, 6) is -1.26. The summed E-state index contributed by atoms with van der Waals surface area (Å²) in [5, 5.41) is 22.7. The molecular formula is C15H21BN2O6. The minimum Gasteiger partial charge on any atom is -0.534 e. The number of hydrogen-bond acceptors (Lipinski definition) is 6. The summed E-state index contributed by atoms with van der Waals surface area (Å²) in [6.45, 7) is 2.08. The molecule has 1 heterocycles. The van der Waals surface area contributed by atoms with Crippen LogP contribution in [0.25, 0.3) is 0 Å². The number of hydrogen-bond donors (Lipinski definition) is 4. The van der Waals surface area contributed by atoms with E-state index in [2.05, 4.69) is 5.32 Å². The Balaban J connectivity index is 2.09. The van der Waals surface area contributed by atoms with Gasteiger partial charge in [-0.15, -0.1) is 0 Å². The summed E-state index contributed by atoms with van der Waals surface area (Å²) in [4.78, 5) is 22.5. The lowest BCUT2D eigenvalue weighted by atomic mass is 9.72. The van der Waals surface area contributed by atoms with Gasteiger partial charge in [-0.25, -0.2) is 0 Å². The summed E-state index contributed by atoms with van der Waals surface area (Å²) in [5.41, 5.74) is 6.16. The molecule has 1 aromatic rings. The molecule has 24 heavy (non-hydrogen) atoms. The minimum absolute atomic E-state index is 0.0471. The molecule has 0 saturated carbocycles. The summed E-state index contributed by atoms with van der Waals surface area (Å²) < 4.78 is 10.6. The van der Waals surface area contributed by atoms with Crippen LogP contribution in [0.4, 0.5) is 0 Å². The van der Waals surface area contributed by atoms with Crippen LogP contribution < -0.4 is 15.7 Å². The second-order valence-electron chi connectivity index (χ2n) is 5.50. The van der Waals surface area contributed by atoms with E-state index >= 15 is 0 Å². The zero-order chi connectivity index (χ0) is 17.7. The maximum Gasteiger partial charge on any atom is 0.547 e. The molecule has 9 heteroatoms. The molecule has 1 unspecified atom stereocenters. The summed E-state index contributed by atoms with van der Waals surface area (Å²) in [6.07, 6.45) is -0.935. The summed E-state index contributed by atoms with van der Waals surface area (Å²) in [6, 6.07) is 5.17. The third-order valence-corrected chi connectivity index (χ3v) is 3.69. The summed E-state index contributed by atoms with van der Waals surface area (Å²) >= 11 is 0. The number of nitrogens with one attached hydrogen (secondary N) is 1. The molecule has 5 N–H and O–H groups in total. The van der Waals surface area contributed by atoms with Crippen molar-refractivity contribution < 1.29 is 29.1 Å². The van der Waals surface area contributed by atoms with Crippen molar-refractivity contribution in [2.45, 2.75) is 38.4 Å². The Labute approximate surface area is 140 Å². The Kier molecular flexibility index (Phi) is 6.19. The molecule has 1 aliphatic rings. The van der Waals surface area contributed by atoms with E-state index in [0.717, 1.165) is 5.56 Å².